The summed E-state index contributed by atoms with van der Waals surface area (Å²) in [6.07, 6.45) is 5.19. The van der Waals surface area contributed by atoms with E-state index in [2.05, 4.69) is 15.3 Å². The molecule has 1 aromatic carbocycles. The fourth-order valence-electron chi connectivity index (χ4n) is 2.74. The number of nitrogens with one attached hydrogen (secondary N) is 1. The molecule has 5 nitrogen and oxygen atoms in total. The van der Waals surface area contributed by atoms with E-state index < -0.39 is 0 Å². The molecule has 0 aliphatic carbocycles. The molecule has 0 saturated carbocycles. The number of amides is 1. The summed E-state index contributed by atoms with van der Waals surface area (Å²) in [5.74, 6) is -0.106. The van der Waals surface area contributed by atoms with Crippen molar-refractivity contribution in [1.29, 1.82) is 0 Å². The van der Waals surface area contributed by atoms with E-state index in [1.165, 1.54) is 0 Å². The average molecular weight is 346 g/mol. The lowest BCUT2D eigenvalue weighted by molar-refractivity contribution is 0.0983. The second-order valence-corrected chi connectivity index (χ2v) is 6.03. The highest BCUT2D eigenvalue weighted by Crippen LogP contribution is 2.19. The van der Waals surface area contributed by atoms with Crippen LogP contribution in [-0.4, -0.2) is 22.4 Å². The minimum absolute atomic E-state index is 0.106. The Morgan fingerprint density at radius 1 is 1.08 bits per heavy atom. The van der Waals surface area contributed by atoms with Crippen molar-refractivity contribution in [3.05, 3.63) is 83.9 Å². The maximum absolute atomic E-state index is 12.9. The van der Waals surface area contributed by atoms with Gasteiger partial charge < -0.3 is 10.2 Å². The lowest BCUT2D eigenvalue weighted by Crippen LogP contribution is -2.31. The van der Waals surface area contributed by atoms with Gasteiger partial charge >= 0.3 is 0 Å². The number of nitrogens with zero attached hydrogens (tertiary/aromatic N) is 3. The van der Waals surface area contributed by atoms with Gasteiger partial charge in [-0.1, -0.05) is 12.1 Å². The molecule has 0 unspecified atom stereocenters. The number of pyridine rings is 2. The van der Waals surface area contributed by atoms with E-state index in [4.69, 9.17) is 0 Å². The molecule has 2 aromatic heterocycles. The molecule has 0 aliphatic rings. The van der Waals surface area contributed by atoms with Crippen LogP contribution >= 0.6 is 0 Å². The highest BCUT2D eigenvalue weighted by atomic mass is 16.2. The molecular weight excluding hydrogens is 324 g/mol. The van der Waals surface area contributed by atoms with Crippen molar-refractivity contribution >= 4 is 17.3 Å². The second kappa shape index (κ2) is 8.25. The van der Waals surface area contributed by atoms with Crippen molar-refractivity contribution in [2.75, 3.05) is 16.8 Å². The number of hydrogen-bond acceptors (Lipinski definition) is 4. The van der Waals surface area contributed by atoms with E-state index in [0.717, 1.165) is 22.5 Å². The first-order chi connectivity index (χ1) is 12.7. The first-order valence-electron chi connectivity index (χ1n) is 8.64. The Kier molecular flexibility index (Phi) is 5.59. The Morgan fingerprint density at radius 3 is 2.62 bits per heavy atom. The van der Waals surface area contributed by atoms with Crippen LogP contribution in [0, 0.1) is 6.92 Å². The van der Waals surface area contributed by atoms with Gasteiger partial charge in [0.25, 0.3) is 5.91 Å². The van der Waals surface area contributed by atoms with Crippen LogP contribution in [0.2, 0.25) is 0 Å². The van der Waals surface area contributed by atoms with Crippen molar-refractivity contribution in [2.45, 2.75) is 20.4 Å². The Morgan fingerprint density at radius 2 is 1.88 bits per heavy atom. The predicted molar refractivity (Wildman–Crippen MR) is 104 cm³/mol. The van der Waals surface area contributed by atoms with Crippen molar-refractivity contribution in [2.24, 2.45) is 0 Å². The van der Waals surface area contributed by atoms with Crippen LogP contribution in [0.3, 0.4) is 0 Å². The fourth-order valence-corrected chi connectivity index (χ4v) is 2.74. The van der Waals surface area contributed by atoms with Gasteiger partial charge in [0.05, 0.1) is 0 Å². The molecule has 0 bridgehead atoms. The molecule has 3 aromatic rings. The summed E-state index contributed by atoms with van der Waals surface area (Å²) in [6.45, 7) is 5.23. The van der Waals surface area contributed by atoms with Crippen LogP contribution in [0.4, 0.5) is 11.4 Å². The number of aromatic nitrogens is 2. The normalized spacial score (nSPS) is 10.4. The minimum atomic E-state index is -0.106. The lowest BCUT2D eigenvalue weighted by atomic mass is 10.2. The first kappa shape index (κ1) is 17.6. The molecule has 0 aliphatic heterocycles. The van der Waals surface area contributed by atoms with E-state index in [-0.39, 0.29) is 5.91 Å². The first-order valence-corrected chi connectivity index (χ1v) is 8.64. The van der Waals surface area contributed by atoms with Gasteiger partial charge in [0.1, 0.15) is 5.69 Å². The Balaban J connectivity index is 1.76. The summed E-state index contributed by atoms with van der Waals surface area (Å²) in [6, 6.07) is 15.5. The summed E-state index contributed by atoms with van der Waals surface area (Å²) < 4.78 is 0. The largest absolute Gasteiger partial charge is 0.381 e. The number of aryl methyl sites for hydroxylation is 1. The van der Waals surface area contributed by atoms with Gasteiger partial charge in [-0.05, 0) is 61.4 Å². The topological polar surface area (TPSA) is 58.1 Å². The van der Waals surface area contributed by atoms with Gasteiger partial charge in [0, 0.05) is 43.1 Å². The molecule has 0 spiro atoms. The summed E-state index contributed by atoms with van der Waals surface area (Å²) in [7, 11) is 0. The predicted octanol–water partition coefficient (Wildman–Crippen LogP) is 4.06. The molecule has 26 heavy (non-hydrogen) atoms. The molecule has 3 rings (SSSR count). The standard InChI is InChI=1S/C21H22N4O/c1-3-25(19-6-4-5-16(2)13-19)21(26)20-14-18(9-12-23-20)24-15-17-7-10-22-11-8-17/h4-14H,3,15H2,1-2H3,(H,23,24). The zero-order valence-electron chi connectivity index (χ0n) is 15.0. The van der Waals surface area contributed by atoms with E-state index in [9.17, 15) is 4.79 Å². The number of benzene rings is 1. The van der Waals surface area contributed by atoms with Gasteiger partial charge in [-0.25, -0.2) is 0 Å². The van der Waals surface area contributed by atoms with Gasteiger partial charge in [0.2, 0.25) is 0 Å². The minimum Gasteiger partial charge on any atom is -0.381 e. The molecular formula is C21H22N4O. The quantitative estimate of drug-likeness (QED) is 0.731. The third kappa shape index (κ3) is 4.25. The zero-order valence-corrected chi connectivity index (χ0v) is 15.0. The number of hydrogen-bond donors (Lipinski definition) is 1. The summed E-state index contributed by atoms with van der Waals surface area (Å²) in [5, 5.41) is 3.32. The molecule has 5 heteroatoms. The summed E-state index contributed by atoms with van der Waals surface area (Å²) in [4.78, 5) is 23.0. The lowest BCUT2D eigenvalue weighted by Gasteiger charge is -2.21. The highest BCUT2D eigenvalue weighted by molar-refractivity contribution is 6.05. The van der Waals surface area contributed by atoms with E-state index in [1.807, 2.05) is 56.3 Å². The van der Waals surface area contributed by atoms with Crippen LogP contribution in [0.5, 0.6) is 0 Å². The number of anilines is 2. The van der Waals surface area contributed by atoms with Gasteiger partial charge in [-0.3, -0.25) is 14.8 Å². The van der Waals surface area contributed by atoms with E-state index in [1.54, 1.807) is 29.6 Å². The van der Waals surface area contributed by atoms with E-state index >= 15 is 0 Å². The third-order valence-electron chi connectivity index (χ3n) is 4.10. The molecule has 2 heterocycles. The van der Waals surface area contributed by atoms with Crippen molar-refractivity contribution < 1.29 is 4.79 Å². The van der Waals surface area contributed by atoms with Crippen LogP contribution in [-0.2, 0) is 6.54 Å². The Hall–Kier alpha value is -3.21. The third-order valence-corrected chi connectivity index (χ3v) is 4.10. The smallest absolute Gasteiger partial charge is 0.276 e. The molecule has 0 atom stereocenters. The van der Waals surface area contributed by atoms with Crippen molar-refractivity contribution in [1.82, 2.24) is 9.97 Å². The second-order valence-electron chi connectivity index (χ2n) is 6.03. The molecule has 1 amide bonds. The summed E-state index contributed by atoms with van der Waals surface area (Å²) >= 11 is 0. The molecule has 0 radical (unpaired) electrons. The van der Waals surface area contributed by atoms with Gasteiger partial charge in [-0.2, -0.15) is 0 Å². The van der Waals surface area contributed by atoms with Crippen molar-refractivity contribution in [3.63, 3.8) is 0 Å². The number of carbonyl (C=O) groups excluding carboxylic acids is 1. The maximum atomic E-state index is 12.9. The molecule has 0 saturated heterocycles. The average Bonchev–Trinajstić information content (AvgIpc) is 2.68. The van der Waals surface area contributed by atoms with Crippen LogP contribution in [0.25, 0.3) is 0 Å². The number of rotatable bonds is 6. The SMILES string of the molecule is CCN(C(=O)c1cc(NCc2ccncc2)ccn1)c1cccc(C)c1. The zero-order chi connectivity index (χ0) is 18.4. The monoisotopic (exact) mass is 346 g/mol. The Labute approximate surface area is 153 Å². The summed E-state index contributed by atoms with van der Waals surface area (Å²) in [5.41, 5.74) is 4.41. The van der Waals surface area contributed by atoms with Crippen molar-refractivity contribution in [3.8, 4) is 0 Å². The number of carbonyl (C=O) groups is 1. The van der Waals surface area contributed by atoms with E-state index in [0.29, 0.717) is 18.8 Å². The van der Waals surface area contributed by atoms with Crippen LogP contribution < -0.4 is 10.2 Å². The highest BCUT2D eigenvalue weighted by Gasteiger charge is 2.17. The molecule has 1 N–H and O–H groups in total. The Bertz CT molecular complexity index is 880. The van der Waals surface area contributed by atoms with Crippen LogP contribution in [0.15, 0.2) is 67.1 Å². The van der Waals surface area contributed by atoms with Gasteiger partial charge in [0.15, 0.2) is 0 Å². The van der Waals surface area contributed by atoms with Crippen LogP contribution in [0.1, 0.15) is 28.5 Å². The fraction of sp³-hybridized carbons (Fsp3) is 0.190. The van der Waals surface area contributed by atoms with Gasteiger partial charge in [-0.15, -0.1) is 0 Å². The maximum Gasteiger partial charge on any atom is 0.276 e. The molecule has 0 fully saturated rings. The molecule has 132 valence electrons.